The Hall–Kier alpha value is -2.78. The zero-order chi connectivity index (χ0) is 21.4. The number of carbonyl (C=O) groups is 1. The van der Waals surface area contributed by atoms with Gasteiger partial charge in [0.05, 0.1) is 15.6 Å². The molecule has 0 saturated carbocycles. The third-order valence-corrected chi connectivity index (χ3v) is 6.70. The molecule has 162 valence electrons. The van der Waals surface area contributed by atoms with Crippen LogP contribution in [0.15, 0.2) is 24.3 Å². The van der Waals surface area contributed by atoms with Gasteiger partial charge in [-0.3, -0.25) is 4.79 Å². The van der Waals surface area contributed by atoms with Crippen molar-refractivity contribution in [1.29, 1.82) is 0 Å². The number of rotatable bonds is 5. The molecule has 0 unspecified atom stereocenters. The van der Waals surface area contributed by atoms with Crippen LogP contribution in [0, 0.1) is 5.92 Å². The maximum absolute atomic E-state index is 11.2. The summed E-state index contributed by atoms with van der Waals surface area (Å²) in [6.07, 6.45) is 1.17. The molecule has 0 atom stereocenters. The number of piperidine rings is 1. The average molecular weight is 461 g/mol. The van der Waals surface area contributed by atoms with Crippen LogP contribution < -0.4 is 19.7 Å². The number of thiophene rings is 1. The Balaban J connectivity index is 1.38. The van der Waals surface area contributed by atoms with Crippen LogP contribution in [0.5, 0.6) is 11.5 Å². The summed E-state index contributed by atoms with van der Waals surface area (Å²) in [7, 11) is 0. The SMILES string of the molecule is O=C(O)C1CCN(c2nc(NCc3ccc4c(c3)OCCO4)c3cc(Cl)sc3n2)CC1. The van der Waals surface area contributed by atoms with Crippen LogP contribution in [-0.2, 0) is 11.3 Å². The zero-order valence-electron chi connectivity index (χ0n) is 16.6. The topological polar surface area (TPSA) is 96.8 Å². The number of nitrogens with zero attached hydrogens (tertiary/aromatic N) is 3. The second kappa shape index (κ2) is 8.39. The molecule has 0 radical (unpaired) electrons. The van der Waals surface area contributed by atoms with Crippen LogP contribution in [0.25, 0.3) is 10.2 Å². The summed E-state index contributed by atoms with van der Waals surface area (Å²) in [5.41, 5.74) is 1.04. The van der Waals surface area contributed by atoms with E-state index in [1.807, 2.05) is 29.2 Å². The highest BCUT2D eigenvalue weighted by Gasteiger charge is 2.26. The highest BCUT2D eigenvalue weighted by atomic mass is 35.5. The van der Waals surface area contributed by atoms with Crippen molar-refractivity contribution in [3.05, 3.63) is 34.2 Å². The van der Waals surface area contributed by atoms with Gasteiger partial charge >= 0.3 is 5.97 Å². The van der Waals surface area contributed by atoms with Gasteiger partial charge in [-0.2, -0.15) is 4.98 Å². The van der Waals surface area contributed by atoms with Crippen LogP contribution in [-0.4, -0.2) is 47.3 Å². The Morgan fingerprint density at radius 3 is 2.74 bits per heavy atom. The fraction of sp³-hybridized carbons (Fsp3) is 0.381. The molecule has 2 aromatic heterocycles. The number of anilines is 2. The van der Waals surface area contributed by atoms with Crippen LogP contribution in [0.1, 0.15) is 18.4 Å². The van der Waals surface area contributed by atoms with Crippen LogP contribution in [0.2, 0.25) is 4.34 Å². The molecule has 0 spiro atoms. The Bertz CT molecular complexity index is 1130. The molecule has 8 nitrogen and oxygen atoms in total. The van der Waals surface area contributed by atoms with Gasteiger partial charge in [0.1, 0.15) is 23.9 Å². The molecule has 2 aliphatic rings. The third kappa shape index (κ3) is 4.20. The minimum atomic E-state index is -0.733. The molecule has 2 aliphatic heterocycles. The number of aliphatic carboxylic acids is 1. The zero-order valence-corrected chi connectivity index (χ0v) is 18.2. The van der Waals surface area contributed by atoms with Crippen molar-refractivity contribution in [2.24, 2.45) is 5.92 Å². The van der Waals surface area contributed by atoms with E-state index in [0.29, 0.717) is 61.8 Å². The largest absolute Gasteiger partial charge is 0.486 e. The van der Waals surface area contributed by atoms with Crippen molar-refractivity contribution in [2.45, 2.75) is 19.4 Å². The maximum atomic E-state index is 11.2. The number of halogens is 1. The van der Waals surface area contributed by atoms with E-state index in [1.165, 1.54) is 11.3 Å². The summed E-state index contributed by atoms with van der Waals surface area (Å²) < 4.78 is 11.9. The van der Waals surface area contributed by atoms with E-state index in [-0.39, 0.29) is 5.92 Å². The molecule has 0 amide bonds. The second-order valence-corrected chi connectivity index (χ2v) is 9.23. The van der Waals surface area contributed by atoms with Gasteiger partial charge in [0.2, 0.25) is 5.95 Å². The first-order chi connectivity index (χ1) is 15.1. The highest BCUT2D eigenvalue weighted by molar-refractivity contribution is 7.22. The van der Waals surface area contributed by atoms with Crippen LogP contribution in [0.4, 0.5) is 11.8 Å². The molecule has 0 aliphatic carbocycles. The summed E-state index contributed by atoms with van der Waals surface area (Å²) in [5, 5.41) is 13.5. The van der Waals surface area contributed by atoms with Crippen molar-refractivity contribution < 1.29 is 19.4 Å². The molecule has 3 aromatic rings. The molecule has 5 rings (SSSR count). The predicted octanol–water partition coefficient (Wildman–Crippen LogP) is 4.03. The van der Waals surface area contributed by atoms with E-state index in [1.54, 1.807) is 0 Å². The van der Waals surface area contributed by atoms with Crippen molar-refractivity contribution in [1.82, 2.24) is 9.97 Å². The number of hydrogen-bond acceptors (Lipinski definition) is 8. The Morgan fingerprint density at radius 2 is 1.97 bits per heavy atom. The van der Waals surface area contributed by atoms with Gasteiger partial charge < -0.3 is 24.8 Å². The number of fused-ring (bicyclic) bond motifs is 2. The lowest BCUT2D eigenvalue weighted by Gasteiger charge is -2.30. The lowest BCUT2D eigenvalue weighted by Crippen LogP contribution is -2.37. The van der Waals surface area contributed by atoms with E-state index >= 15 is 0 Å². The van der Waals surface area contributed by atoms with Gasteiger partial charge in [0.25, 0.3) is 0 Å². The second-order valence-electron chi connectivity index (χ2n) is 7.57. The Kier molecular flexibility index (Phi) is 5.45. The first-order valence-electron chi connectivity index (χ1n) is 10.1. The van der Waals surface area contributed by atoms with Gasteiger partial charge in [0, 0.05) is 19.6 Å². The summed E-state index contributed by atoms with van der Waals surface area (Å²) in [5.74, 6) is 1.78. The van der Waals surface area contributed by atoms with Crippen LogP contribution >= 0.6 is 22.9 Å². The molecule has 2 N–H and O–H groups in total. The molecule has 1 aromatic carbocycles. The number of ether oxygens (including phenoxy) is 2. The smallest absolute Gasteiger partial charge is 0.306 e. The van der Waals surface area contributed by atoms with Crippen molar-refractivity contribution >= 4 is 50.9 Å². The minimum Gasteiger partial charge on any atom is -0.486 e. The lowest BCUT2D eigenvalue weighted by atomic mass is 9.97. The molecule has 0 bridgehead atoms. The molecular formula is C21H21ClN4O4S. The van der Waals surface area contributed by atoms with Crippen LogP contribution in [0.3, 0.4) is 0 Å². The van der Waals surface area contributed by atoms with Gasteiger partial charge in [-0.05, 0) is 36.6 Å². The summed E-state index contributed by atoms with van der Waals surface area (Å²) in [6, 6.07) is 7.75. The number of carboxylic acid groups (broad SMARTS) is 1. The van der Waals surface area contributed by atoms with Crippen molar-refractivity contribution in [3.63, 3.8) is 0 Å². The summed E-state index contributed by atoms with van der Waals surface area (Å²) in [6.45, 7) is 2.89. The fourth-order valence-corrected chi connectivity index (χ4v) is 4.95. The van der Waals surface area contributed by atoms with Gasteiger partial charge in [0.15, 0.2) is 11.5 Å². The molecule has 4 heterocycles. The van der Waals surface area contributed by atoms with Gasteiger partial charge in [-0.25, -0.2) is 4.98 Å². The predicted molar refractivity (Wildman–Crippen MR) is 120 cm³/mol. The van der Waals surface area contributed by atoms with E-state index in [9.17, 15) is 9.90 Å². The minimum absolute atomic E-state index is 0.302. The number of aromatic nitrogens is 2. The van der Waals surface area contributed by atoms with Gasteiger partial charge in [-0.1, -0.05) is 17.7 Å². The quantitative estimate of drug-likeness (QED) is 0.589. The maximum Gasteiger partial charge on any atom is 0.306 e. The molecule has 1 fully saturated rings. The Morgan fingerprint density at radius 1 is 1.19 bits per heavy atom. The molecule has 1 saturated heterocycles. The first-order valence-corrected chi connectivity index (χ1v) is 11.3. The number of benzene rings is 1. The fourth-order valence-electron chi connectivity index (χ4n) is 3.87. The monoisotopic (exact) mass is 460 g/mol. The molecular weight excluding hydrogens is 440 g/mol. The first kappa shape index (κ1) is 20.1. The summed E-state index contributed by atoms with van der Waals surface area (Å²) >= 11 is 7.66. The number of nitrogens with one attached hydrogen (secondary N) is 1. The highest BCUT2D eigenvalue weighted by Crippen LogP contribution is 2.35. The number of carboxylic acids is 1. The molecule has 31 heavy (non-hydrogen) atoms. The van der Waals surface area contributed by atoms with E-state index < -0.39 is 5.97 Å². The van der Waals surface area contributed by atoms with E-state index in [4.69, 9.17) is 26.1 Å². The standard InChI is InChI=1S/C21H21ClN4O4S/c22-17-10-14-18(23-11-12-1-2-15-16(9-12)30-8-7-29-15)24-21(25-19(14)31-17)26-5-3-13(4-6-26)20(27)28/h1-2,9-10,13H,3-8,11H2,(H,27,28)(H,23,24,25). The third-order valence-electron chi connectivity index (χ3n) is 5.54. The van der Waals surface area contributed by atoms with Crippen molar-refractivity contribution in [3.8, 4) is 11.5 Å². The average Bonchev–Trinajstić information content (AvgIpc) is 3.17. The Labute approximate surface area is 187 Å². The van der Waals surface area contributed by atoms with Gasteiger partial charge in [-0.15, -0.1) is 11.3 Å². The number of hydrogen-bond donors (Lipinski definition) is 2. The molecule has 10 heteroatoms. The van der Waals surface area contributed by atoms with E-state index in [2.05, 4.69) is 10.3 Å². The summed E-state index contributed by atoms with van der Waals surface area (Å²) in [4.78, 5) is 23.5. The van der Waals surface area contributed by atoms with E-state index in [0.717, 1.165) is 27.3 Å². The normalized spacial score (nSPS) is 16.5. The van der Waals surface area contributed by atoms with Crippen molar-refractivity contribution in [2.75, 3.05) is 36.5 Å². The lowest BCUT2D eigenvalue weighted by molar-refractivity contribution is -0.142.